The van der Waals surface area contributed by atoms with Crippen LogP contribution in [-0.4, -0.2) is 51.2 Å². The quantitative estimate of drug-likeness (QED) is 0.800. The highest BCUT2D eigenvalue weighted by Crippen LogP contribution is 2.36. The molecule has 0 saturated heterocycles. The summed E-state index contributed by atoms with van der Waals surface area (Å²) in [5.74, 6) is 0.0159. The zero-order valence-electron chi connectivity index (χ0n) is 15.0. The Morgan fingerprint density at radius 2 is 1.70 bits per heavy atom. The van der Waals surface area contributed by atoms with Gasteiger partial charge in [-0.15, -0.1) is 0 Å². The predicted octanol–water partition coefficient (Wildman–Crippen LogP) is 1.76. The highest BCUT2D eigenvalue weighted by molar-refractivity contribution is 7.89. The van der Waals surface area contributed by atoms with Gasteiger partial charge in [0, 0.05) is 12.6 Å². The molecule has 0 fully saturated rings. The fourth-order valence-electron chi connectivity index (χ4n) is 2.94. The number of nitrogens with zero attached hydrogens (tertiary/aromatic N) is 2. The molecule has 0 spiro atoms. The number of rotatable bonds is 6. The SMILES string of the molecule is COc1ccc(CN2CN(CC(=O)O)c3ccc(OC)cc3S2(=O)=O)cc1. The number of carboxylic acid groups (broad SMARTS) is 1. The van der Waals surface area contributed by atoms with Gasteiger partial charge in [-0.1, -0.05) is 12.1 Å². The first-order valence-corrected chi connectivity index (χ1v) is 9.57. The van der Waals surface area contributed by atoms with Crippen molar-refractivity contribution < 1.29 is 27.8 Å². The Balaban J connectivity index is 2.00. The summed E-state index contributed by atoms with van der Waals surface area (Å²) in [5, 5.41) is 9.21. The van der Waals surface area contributed by atoms with E-state index in [9.17, 15) is 18.3 Å². The summed E-state index contributed by atoms with van der Waals surface area (Å²) in [6.07, 6.45) is 0. The molecule has 1 aliphatic heterocycles. The van der Waals surface area contributed by atoms with Gasteiger partial charge in [-0.05, 0) is 29.8 Å². The molecule has 1 heterocycles. The van der Waals surface area contributed by atoms with Gasteiger partial charge in [0.15, 0.2) is 0 Å². The van der Waals surface area contributed by atoms with Crippen molar-refractivity contribution in [1.82, 2.24) is 4.31 Å². The highest BCUT2D eigenvalue weighted by Gasteiger charge is 2.36. The lowest BCUT2D eigenvalue weighted by atomic mass is 10.2. The number of hydrogen-bond donors (Lipinski definition) is 1. The van der Waals surface area contributed by atoms with Gasteiger partial charge in [-0.3, -0.25) is 4.79 Å². The van der Waals surface area contributed by atoms with Crippen LogP contribution in [0, 0.1) is 0 Å². The number of carboxylic acids is 1. The van der Waals surface area contributed by atoms with Gasteiger partial charge in [0.1, 0.15) is 22.9 Å². The normalized spacial score (nSPS) is 15.9. The van der Waals surface area contributed by atoms with Gasteiger partial charge < -0.3 is 19.5 Å². The minimum Gasteiger partial charge on any atom is -0.497 e. The van der Waals surface area contributed by atoms with Crippen LogP contribution in [-0.2, 0) is 21.4 Å². The fourth-order valence-corrected chi connectivity index (χ4v) is 4.55. The molecule has 0 aromatic heterocycles. The minimum absolute atomic E-state index is 0.0304. The van der Waals surface area contributed by atoms with E-state index >= 15 is 0 Å². The van der Waals surface area contributed by atoms with Crippen LogP contribution in [0.2, 0.25) is 0 Å². The second-order valence-corrected chi connectivity index (χ2v) is 7.94. The smallest absolute Gasteiger partial charge is 0.323 e. The Labute approximate surface area is 157 Å². The van der Waals surface area contributed by atoms with Crippen LogP contribution in [0.25, 0.3) is 0 Å². The van der Waals surface area contributed by atoms with Crippen LogP contribution < -0.4 is 14.4 Å². The van der Waals surface area contributed by atoms with Gasteiger partial charge >= 0.3 is 5.97 Å². The number of carbonyl (C=O) groups is 1. The van der Waals surface area contributed by atoms with Gasteiger partial charge in [0.25, 0.3) is 0 Å². The number of aliphatic carboxylic acids is 1. The van der Waals surface area contributed by atoms with Crippen LogP contribution in [0.3, 0.4) is 0 Å². The number of anilines is 1. The Morgan fingerprint density at radius 3 is 2.30 bits per heavy atom. The van der Waals surface area contributed by atoms with Crippen molar-refractivity contribution in [3.63, 3.8) is 0 Å². The van der Waals surface area contributed by atoms with Crippen molar-refractivity contribution in [3.05, 3.63) is 48.0 Å². The van der Waals surface area contributed by atoms with Crippen molar-refractivity contribution in [3.8, 4) is 11.5 Å². The third kappa shape index (κ3) is 3.83. The molecule has 0 bridgehead atoms. The van der Waals surface area contributed by atoms with Crippen LogP contribution in [0.4, 0.5) is 5.69 Å². The molecule has 2 aromatic carbocycles. The van der Waals surface area contributed by atoms with E-state index in [1.165, 1.54) is 22.4 Å². The minimum atomic E-state index is -3.81. The lowest BCUT2D eigenvalue weighted by Gasteiger charge is -2.37. The van der Waals surface area contributed by atoms with Crippen LogP contribution in [0.15, 0.2) is 47.4 Å². The lowest BCUT2D eigenvalue weighted by molar-refractivity contribution is -0.135. The van der Waals surface area contributed by atoms with E-state index in [-0.39, 0.29) is 24.7 Å². The Bertz CT molecular complexity index is 943. The number of benzene rings is 2. The Kier molecular flexibility index (Phi) is 5.24. The van der Waals surface area contributed by atoms with E-state index in [1.54, 1.807) is 43.5 Å². The molecule has 27 heavy (non-hydrogen) atoms. The first-order chi connectivity index (χ1) is 12.8. The average Bonchev–Trinajstić information content (AvgIpc) is 2.65. The number of sulfonamides is 1. The fraction of sp³-hybridized carbons (Fsp3) is 0.278. The van der Waals surface area contributed by atoms with Crippen molar-refractivity contribution in [2.45, 2.75) is 11.4 Å². The zero-order chi connectivity index (χ0) is 19.6. The van der Waals surface area contributed by atoms with Gasteiger partial charge in [-0.25, -0.2) is 8.42 Å². The Hall–Kier alpha value is -2.78. The molecule has 0 atom stereocenters. The third-order valence-electron chi connectivity index (χ3n) is 4.30. The largest absolute Gasteiger partial charge is 0.497 e. The molecule has 9 heteroatoms. The zero-order valence-corrected chi connectivity index (χ0v) is 15.8. The molecular formula is C18H20N2O6S. The molecule has 8 nitrogen and oxygen atoms in total. The van der Waals surface area contributed by atoms with Crippen LogP contribution in [0.5, 0.6) is 11.5 Å². The van der Waals surface area contributed by atoms with Crippen molar-refractivity contribution in [2.24, 2.45) is 0 Å². The monoisotopic (exact) mass is 392 g/mol. The molecule has 2 aromatic rings. The molecule has 0 radical (unpaired) electrons. The first-order valence-electron chi connectivity index (χ1n) is 8.13. The Morgan fingerprint density at radius 1 is 1.07 bits per heavy atom. The van der Waals surface area contributed by atoms with Crippen molar-refractivity contribution in [2.75, 3.05) is 32.3 Å². The maximum Gasteiger partial charge on any atom is 0.323 e. The number of methoxy groups -OCH3 is 2. The molecule has 0 amide bonds. The summed E-state index contributed by atoms with van der Waals surface area (Å²) in [7, 11) is -0.811. The van der Waals surface area contributed by atoms with E-state index in [2.05, 4.69) is 0 Å². The van der Waals surface area contributed by atoms with E-state index in [1.807, 2.05) is 0 Å². The summed E-state index contributed by atoms with van der Waals surface area (Å²) in [5.41, 5.74) is 1.12. The van der Waals surface area contributed by atoms with Crippen LogP contribution >= 0.6 is 0 Å². The summed E-state index contributed by atoms with van der Waals surface area (Å²) in [6, 6.07) is 11.6. The summed E-state index contributed by atoms with van der Waals surface area (Å²) in [6.45, 7) is -0.257. The second-order valence-electron chi connectivity index (χ2n) is 6.03. The molecule has 3 rings (SSSR count). The lowest BCUT2D eigenvalue weighted by Crippen LogP contribution is -2.47. The molecule has 1 N–H and O–H groups in total. The van der Waals surface area contributed by atoms with Crippen molar-refractivity contribution in [1.29, 1.82) is 0 Å². The van der Waals surface area contributed by atoms with E-state index in [0.717, 1.165) is 5.56 Å². The van der Waals surface area contributed by atoms with E-state index < -0.39 is 16.0 Å². The molecular weight excluding hydrogens is 372 g/mol. The van der Waals surface area contributed by atoms with Crippen LogP contribution in [0.1, 0.15) is 5.56 Å². The van der Waals surface area contributed by atoms with E-state index in [0.29, 0.717) is 17.2 Å². The molecule has 0 unspecified atom stereocenters. The maximum atomic E-state index is 13.1. The number of ether oxygens (including phenoxy) is 2. The van der Waals surface area contributed by atoms with Gasteiger partial charge in [-0.2, -0.15) is 4.31 Å². The first kappa shape index (κ1) is 19.0. The molecule has 1 aliphatic rings. The van der Waals surface area contributed by atoms with Gasteiger partial charge in [0.2, 0.25) is 10.0 Å². The van der Waals surface area contributed by atoms with E-state index in [4.69, 9.17) is 9.47 Å². The summed E-state index contributed by atoms with van der Waals surface area (Å²) >= 11 is 0. The third-order valence-corrected chi connectivity index (χ3v) is 6.11. The molecule has 144 valence electrons. The second kappa shape index (κ2) is 7.45. The number of fused-ring (bicyclic) bond motifs is 1. The maximum absolute atomic E-state index is 13.1. The van der Waals surface area contributed by atoms with Gasteiger partial charge in [0.05, 0.1) is 26.6 Å². The summed E-state index contributed by atoms with van der Waals surface area (Å²) < 4.78 is 37.7. The standard InChI is InChI=1S/C18H20N2O6S/c1-25-14-5-3-13(4-6-14)10-20-12-19(11-18(21)22)16-8-7-15(26-2)9-17(16)27(20,23)24/h3-9H,10-12H2,1-2H3,(H,21,22). The number of hydrogen-bond acceptors (Lipinski definition) is 6. The summed E-state index contributed by atoms with van der Waals surface area (Å²) in [4.78, 5) is 12.8. The predicted molar refractivity (Wildman–Crippen MR) is 98.6 cm³/mol. The molecule has 0 saturated carbocycles. The topological polar surface area (TPSA) is 96.4 Å². The highest BCUT2D eigenvalue weighted by atomic mass is 32.2. The molecule has 0 aliphatic carbocycles. The van der Waals surface area contributed by atoms with Crippen molar-refractivity contribution >= 4 is 21.7 Å². The average molecular weight is 392 g/mol.